The van der Waals surface area contributed by atoms with Crippen LogP contribution in [0.1, 0.15) is 5.56 Å². The standard InChI is InChI=1S/C20H22FN3O2S/c1-26-13-12-24-18-5-3-2-4-17(18)23-20(24)27-14-19(25)22-11-10-15-6-8-16(21)9-7-15/h2-9H,10-14H2,1H3,(H,22,25). The zero-order chi connectivity index (χ0) is 19.1. The quantitative estimate of drug-likeness (QED) is 0.573. The number of rotatable bonds is 9. The molecule has 1 amide bonds. The summed E-state index contributed by atoms with van der Waals surface area (Å²) in [5, 5.41) is 3.70. The second-order valence-corrected chi connectivity index (χ2v) is 6.99. The van der Waals surface area contributed by atoms with Gasteiger partial charge in [-0.3, -0.25) is 4.79 Å². The van der Waals surface area contributed by atoms with E-state index >= 15 is 0 Å². The van der Waals surface area contributed by atoms with E-state index in [-0.39, 0.29) is 11.7 Å². The summed E-state index contributed by atoms with van der Waals surface area (Å²) in [5.41, 5.74) is 2.94. The minimum atomic E-state index is -0.254. The molecule has 0 aliphatic carbocycles. The lowest BCUT2D eigenvalue weighted by atomic mass is 10.1. The molecule has 7 heteroatoms. The molecular formula is C20H22FN3O2S. The monoisotopic (exact) mass is 387 g/mol. The van der Waals surface area contributed by atoms with Crippen LogP contribution in [0.15, 0.2) is 53.7 Å². The van der Waals surface area contributed by atoms with Crippen LogP contribution in [0.2, 0.25) is 0 Å². The molecule has 0 unspecified atom stereocenters. The normalized spacial score (nSPS) is 11.0. The van der Waals surface area contributed by atoms with E-state index in [1.54, 1.807) is 19.2 Å². The van der Waals surface area contributed by atoms with Gasteiger partial charge in [0.15, 0.2) is 5.16 Å². The number of benzene rings is 2. The first kappa shape index (κ1) is 19.4. The fourth-order valence-electron chi connectivity index (χ4n) is 2.74. The minimum absolute atomic E-state index is 0.0486. The highest BCUT2D eigenvalue weighted by Gasteiger charge is 2.12. The number of amides is 1. The van der Waals surface area contributed by atoms with Crippen LogP contribution < -0.4 is 5.32 Å². The Labute approximate surface area is 161 Å². The van der Waals surface area contributed by atoms with Crippen molar-refractivity contribution in [3.63, 3.8) is 0 Å². The molecule has 1 aromatic heterocycles. The molecule has 27 heavy (non-hydrogen) atoms. The van der Waals surface area contributed by atoms with Crippen LogP contribution in [-0.4, -0.2) is 41.5 Å². The molecule has 0 aliphatic rings. The number of para-hydroxylation sites is 2. The van der Waals surface area contributed by atoms with Gasteiger partial charge in [-0.05, 0) is 36.2 Å². The number of methoxy groups -OCH3 is 1. The second-order valence-electron chi connectivity index (χ2n) is 6.04. The topological polar surface area (TPSA) is 56.1 Å². The SMILES string of the molecule is COCCn1c(SCC(=O)NCCc2ccc(F)cc2)nc2ccccc21. The summed E-state index contributed by atoms with van der Waals surface area (Å²) < 4.78 is 20.2. The molecule has 0 bridgehead atoms. The van der Waals surface area contributed by atoms with Crippen molar-refractivity contribution in [3.05, 3.63) is 59.9 Å². The summed E-state index contributed by atoms with van der Waals surface area (Å²) in [7, 11) is 1.67. The van der Waals surface area contributed by atoms with Gasteiger partial charge in [-0.2, -0.15) is 0 Å². The number of ether oxygens (including phenoxy) is 1. The first-order valence-electron chi connectivity index (χ1n) is 8.75. The predicted octanol–water partition coefficient (Wildman–Crippen LogP) is 3.27. The zero-order valence-electron chi connectivity index (χ0n) is 15.2. The van der Waals surface area contributed by atoms with Crippen molar-refractivity contribution in [2.45, 2.75) is 18.1 Å². The van der Waals surface area contributed by atoms with Crippen LogP contribution in [0.5, 0.6) is 0 Å². The molecule has 0 saturated heterocycles. The van der Waals surface area contributed by atoms with E-state index in [0.717, 1.165) is 21.8 Å². The number of hydrogen-bond donors (Lipinski definition) is 1. The van der Waals surface area contributed by atoms with E-state index in [2.05, 4.69) is 14.9 Å². The highest BCUT2D eigenvalue weighted by atomic mass is 32.2. The number of carbonyl (C=O) groups excluding carboxylic acids is 1. The van der Waals surface area contributed by atoms with Gasteiger partial charge >= 0.3 is 0 Å². The molecule has 0 aliphatic heterocycles. The van der Waals surface area contributed by atoms with E-state index < -0.39 is 0 Å². The van der Waals surface area contributed by atoms with Gasteiger partial charge in [0.05, 0.1) is 23.4 Å². The third-order valence-electron chi connectivity index (χ3n) is 4.12. The second kappa shape index (κ2) is 9.53. The van der Waals surface area contributed by atoms with Gasteiger partial charge in [0.25, 0.3) is 0 Å². The summed E-state index contributed by atoms with van der Waals surface area (Å²) in [6.45, 7) is 1.79. The van der Waals surface area contributed by atoms with Crippen molar-refractivity contribution in [3.8, 4) is 0 Å². The van der Waals surface area contributed by atoms with Crippen molar-refractivity contribution in [1.29, 1.82) is 0 Å². The largest absolute Gasteiger partial charge is 0.383 e. The van der Waals surface area contributed by atoms with Crippen molar-refractivity contribution >= 4 is 28.7 Å². The van der Waals surface area contributed by atoms with E-state index in [0.29, 0.717) is 31.9 Å². The van der Waals surface area contributed by atoms with Crippen molar-refractivity contribution in [2.75, 3.05) is 26.0 Å². The number of nitrogens with one attached hydrogen (secondary N) is 1. The van der Waals surface area contributed by atoms with Gasteiger partial charge in [-0.1, -0.05) is 36.0 Å². The van der Waals surface area contributed by atoms with Gasteiger partial charge in [0, 0.05) is 20.2 Å². The van der Waals surface area contributed by atoms with Crippen LogP contribution in [0.3, 0.4) is 0 Å². The lowest BCUT2D eigenvalue weighted by Crippen LogP contribution is -2.27. The van der Waals surface area contributed by atoms with E-state index in [4.69, 9.17) is 4.74 Å². The van der Waals surface area contributed by atoms with Gasteiger partial charge in [-0.15, -0.1) is 0 Å². The number of thioether (sulfide) groups is 1. The minimum Gasteiger partial charge on any atom is -0.383 e. The average molecular weight is 387 g/mol. The van der Waals surface area contributed by atoms with E-state index in [9.17, 15) is 9.18 Å². The highest BCUT2D eigenvalue weighted by Crippen LogP contribution is 2.23. The van der Waals surface area contributed by atoms with Crippen LogP contribution in [0, 0.1) is 5.82 Å². The molecule has 142 valence electrons. The highest BCUT2D eigenvalue weighted by molar-refractivity contribution is 7.99. The summed E-state index contributed by atoms with van der Waals surface area (Å²) in [5.74, 6) is -0.0114. The molecule has 2 aromatic carbocycles. The first-order chi connectivity index (χ1) is 13.2. The fourth-order valence-corrected chi connectivity index (χ4v) is 3.61. The number of fused-ring (bicyclic) bond motifs is 1. The summed E-state index contributed by atoms with van der Waals surface area (Å²) in [6.07, 6.45) is 0.670. The number of aromatic nitrogens is 2. The Morgan fingerprint density at radius 3 is 2.78 bits per heavy atom. The molecule has 1 heterocycles. The molecule has 0 spiro atoms. The molecule has 3 aromatic rings. The molecule has 0 saturated carbocycles. The van der Waals surface area contributed by atoms with Gasteiger partial charge < -0.3 is 14.6 Å². The zero-order valence-corrected chi connectivity index (χ0v) is 16.0. The molecule has 0 atom stereocenters. The smallest absolute Gasteiger partial charge is 0.230 e. The first-order valence-corrected chi connectivity index (χ1v) is 9.74. The predicted molar refractivity (Wildman–Crippen MR) is 105 cm³/mol. The fraction of sp³-hybridized carbons (Fsp3) is 0.300. The maximum absolute atomic E-state index is 12.9. The Morgan fingerprint density at radius 1 is 1.22 bits per heavy atom. The molecule has 0 fully saturated rings. The van der Waals surface area contributed by atoms with Gasteiger partial charge in [-0.25, -0.2) is 9.37 Å². The number of nitrogens with zero attached hydrogens (tertiary/aromatic N) is 2. The number of halogens is 1. The summed E-state index contributed by atoms with van der Waals surface area (Å²) in [6, 6.07) is 14.2. The maximum Gasteiger partial charge on any atom is 0.230 e. The van der Waals surface area contributed by atoms with Crippen molar-refractivity contribution < 1.29 is 13.9 Å². The Kier molecular flexibility index (Phi) is 6.84. The summed E-state index contributed by atoms with van der Waals surface area (Å²) >= 11 is 1.41. The van der Waals surface area contributed by atoms with E-state index in [1.807, 2.05) is 24.3 Å². The molecule has 0 radical (unpaired) electrons. The lowest BCUT2D eigenvalue weighted by Gasteiger charge is -2.08. The molecular weight excluding hydrogens is 365 g/mol. The molecule has 3 rings (SSSR count). The molecule has 1 N–H and O–H groups in total. The van der Waals surface area contributed by atoms with Gasteiger partial charge in [0.2, 0.25) is 5.91 Å². The van der Waals surface area contributed by atoms with Crippen molar-refractivity contribution in [2.24, 2.45) is 0 Å². The van der Waals surface area contributed by atoms with Gasteiger partial charge in [0.1, 0.15) is 5.82 Å². The Balaban J connectivity index is 1.54. The Bertz CT molecular complexity index is 896. The lowest BCUT2D eigenvalue weighted by molar-refractivity contribution is -0.118. The summed E-state index contributed by atoms with van der Waals surface area (Å²) in [4.78, 5) is 16.8. The van der Waals surface area contributed by atoms with Crippen LogP contribution >= 0.6 is 11.8 Å². The van der Waals surface area contributed by atoms with Crippen LogP contribution in [0.4, 0.5) is 4.39 Å². The third-order valence-corrected chi connectivity index (χ3v) is 5.10. The van der Waals surface area contributed by atoms with Crippen LogP contribution in [0.25, 0.3) is 11.0 Å². The third kappa shape index (κ3) is 5.30. The Morgan fingerprint density at radius 2 is 2.00 bits per heavy atom. The Hall–Kier alpha value is -2.38. The van der Waals surface area contributed by atoms with E-state index in [1.165, 1.54) is 23.9 Å². The number of hydrogen-bond acceptors (Lipinski definition) is 4. The number of imidazole rings is 1. The van der Waals surface area contributed by atoms with Crippen molar-refractivity contribution in [1.82, 2.24) is 14.9 Å². The van der Waals surface area contributed by atoms with Crippen LogP contribution in [-0.2, 0) is 22.5 Å². The maximum atomic E-state index is 12.9. The number of carbonyl (C=O) groups is 1. The molecule has 5 nitrogen and oxygen atoms in total. The average Bonchev–Trinajstić information content (AvgIpc) is 3.04.